The minimum Gasteiger partial charge on any atom is -0.329 e. The molecule has 1 fully saturated rings. The summed E-state index contributed by atoms with van der Waals surface area (Å²) in [7, 11) is 0. The molecular weight excluding hydrogens is 243 g/mol. The molecule has 3 N–H and O–H groups in total. The van der Waals surface area contributed by atoms with Gasteiger partial charge in [-0.25, -0.2) is 4.39 Å². The third kappa shape index (κ3) is 2.95. The number of carbonyl (C=O) groups is 1. The van der Waals surface area contributed by atoms with Gasteiger partial charge < -0.3 is 11.1 Å². The Morgan fingerprint density at radius 1 is 1.37 bits per heavy atom. The van der Waals surface area contributed by atoms with Crippen molar-refractivity contribution in [1.82, 2.24) is 0 Å². The summed E-state index contributed by atoms with van der Waals surface area (Å²) in [6.45, 7) is 2.21. The molecule has 0 unspecified atom stereocenters. The molecule has 1 amide bonds. The molecule has 1 saturated carbocycles. The Balaban J connectivity index is 2.17. The predicted molar refractivity (Wildman–Crippen MR) is 74.3 cm³/mol. The van der Waals surface area contributed by atoms with Crippen LogP contribution < -0.4 is 11.1 Å². The molecule has 3 nitrogen and oxygen atoms in total. The van der Waals surface area contributed by atoms with Crippen LogP contribution in [0, 0.1) is 18.2 Å². The molecule has 19 heavy (non-hydrogen) atoms. The van der Waals surface area contributed by atoms with Crippen molar-refractivity contribution in [3.05, 3.63) is 29.6 Å². The summed E-state index contributed by atoms with van der Waals surface area (Å²) in [6, 6.07) is 4.42. The second-order valence-electron chi connectivity index (χ2n) is 5.46. The summed E-state index contributed by atoms with van der Waals surface area (Å²) in [5.74, 6) is -0.408. The van der Waals surface area contributed by atoms with Gasteiger partial charge in [-0.2, -0.15) is 0 Å². The molecule has 0 aliphatic heterocycles. The van der Waals surface area contributed by atoms with Crippen molar-refractivity contribution < 1.29 is 9.18 Å². The first kappa shape index (κ1) is 14.0. The van der Waals surface area contributed by atoms with E-state index >= 15 is 0 Å². The fourth-order valence-corrected chi connectivity index (χ4v) is 2.74. The van der Waals surface area contributed by atoms with Crippen molar-refractivity contribution in [1.29, 1.82) is 0 Å². The van der Waals surface area contributed by atoms with E-state index in [-0.39, 0.29) is 11.7 Å². The highest BCUT2D eigenvalue weighted by atomic mass is 19.1. The average Bonchev–Trinajstić information content (AvgIpc) is 2.43. The van der Waals surface area contributed by atoms with Gasteiger partial charge in [0.25, 0.3) is 0 Å². The van der Waals surface area contributed by atoms with Gasteiger partial charge >= 0.3 is 0 Å². The van der Waals surface area contributed by atoms with Crippen LogP contribution >= 0.6 is 0 Å². The van der Waals surface area contributed by atoms with Gasteiger partial charge in [0.2, 0.25) is 5.91 Å². The number of carbonyl (C=O) groups excluding carboxylic acids is 1. The van der Waals surface area contributed by atoms with Gasteiger partial charge in [0.15, 0.2) is 0 Å². The zero-order valence-corrected chi connectivity index (χ0v) is 11.3. The smallest absolute Gasteiger partial charge is 0.231 e. The van der Waals surface area contributed by atoms with E-state index in [1.54, 1.807) is 6.07 Å². The van der Waals surface area contributed by atoms with Crippen LogP contribution in [-0.2, 0) is 4.79 Å². The Bertz CT molecular complexity index is 467. The Hall–Kier alpha value is -1.42. The molecule has 0 saturated heterocycles. The van der Waals surface area contributed by atoms with Crippen molar-refractivity contribution in [2.75, 3.05) is 11.9 Å². The molecule has 0 radical (unpaired) electrons. The van der Waals surface area contributed by atoms with Crippen molar-refractivity contribution in [2.45, 2.75) is 39.0 Å². The van der Waals surface area contributed by atoms with E-state index in [4.69, 9.17) is 5.73 Å². The topological polar surface area (TPSA) is 55.1 Å². The zero-order valence-electron chi connectivity index (χ0n) is 11.3. The Morgan fingerprint density at radius 3 is 2.68 bits per heavy atom. The molecular formula is C15H21FN2O. The monoisotopic (exact) mass is 264 g/mol. The first-order valence-electron chi connectivity index (χ1n) is 6.85. The number of nitrogens with two attached hydrogens (primary N) is 1. The number of benzene rings is 1. The molecule has 4 heteroatoms. The van der Waals surface area contributed by atoms with Gasteiger partial charge in [-0.15, -0.1) is 0 Å². The van der Waals surface area contributed by atoms with Gasteiger partial charge in [0.1, 0.15) is 5.82 Å². The summed E-state index contributed by atoms with van der Waals surface area (Å²) in [4.78, 5) is 12.5. The molecule has 0 heterocycles. The third-order valence-corrected chi connectivity index (χ3v) is 4.13. The zero-order chi connectivity index (χ0) is 13.9. The van der Waals surface area contributed by atoms with E-state index in [0.29, 0.717) is 12.2 Å². The van der Waals surface area contributed by atoms with E-state index in [1.165, 1.54) is 12.1 Å². The lowest BCUT2D eigenvalue weighted by atomic mass is 9.73. The highest BCUT2D eigenvalue weighted by molar-refractivity contribution is 5.96. The Kier molecular flexibility index (Phi) is 4.20. The SMILES string of the molecule is Cc1ccc(F)cc1NC(=O)C1(CN)CCCCC1. The molecule has 1 aromatic rings. The normalized spacial score (nSPS) is 18.1. The fourth-order valence-electron chi connectivity index (χ4n) is 2.74. The molecule has 0 atom stereocenters. The van der Waals surface area contributed by atoms with Gasteiger partial charge in [-0.05, 0) is 37.5 Å². The van der Waals surface area contributed by atoms with Crippen LogP contribution in [0.25, 0.3) is 0 Å². The van der Waals surface area contributed by atoms with Crippen molar-refractivity contribution in [2.24, 2.45) is 11.1 Å². The largest absolute Gasteiger partial charge is 0.329 e. The van der Waals surface area contributed by atoms with Crippen molar-refractivity contribution in [3.8, 4) is 0 Å². The summed E-state index contributed by atoms with van der Waals surface area (Å²) < 4.78 is 13.2. The van der Waals surface area contributed by atoms with Gasteiger partial charge in [-0.3, -0.25) is 4.79 Å². The molecule has 0 spiro atoms. The first-order chi connectivity index (χ1) is 9.07. The third-order valence-electron chi connectivity index (χ3n) is 4.13. The highest BCUT2D eigenvalue weighted by Gasteiger charge is 2.38. The van der Waals surface area contributed by atoms with E-state index in [2.05, 4.69) is 5.32 Å². The average molecular weight is 264 g/mol. The maximum absolute atomic E-state index is 13.2. The second-order valence-corrected chi connectivity index (χ2v) is 5.46. The van der Waals surface area contributed by atoms with Crippen LogP contribution in [0.5, 0.6) is 0 Å². The molecule has 2 rings (SSSR count). The van der Waals surface area contributed by atoms with Gasteiger partial charge in [0, 0.05) is 12.2 Å². The van der Waals surface area contributed by atoms with Crippen LogP contribution in [0.3, 0.4) is 0 Å². The molecule has 1 aliphatic rings. The van der Waals surface area contributed by atoms with Crippen LogP contribution in [0.1, 0.15) is 37.7 Å². The summed E-state index contributed by atoms with van der Waals surface area (Å²) in [5, 5.41) is 2.85. The lowest BCUT2D eigenvalue weighted by molar-refractivity contribution is -0.126. The van der Waals surface area contributed by atoms with Crippen molar-refractivity contribution >= 4 is 11.6 Å². The molecule has 0 aromatic heterocycles. The quantitative estimate of drug-likeness (QED) is 0.881. The second kappa shape index (κ2) is 5.70. The van der Waals surface area contributed by atoms with Gasteiger partial charge in [-0.1, -0.05) is 25.3 Å². The number of hydrogen-bond donors (Lipinski definition) is 2. The maximum atomic E-state index is 13.2. The summed E-state index contributed by atoms with van der Waals surface area (Å²) in [5.41, 5.74) is 6.75. The number of amides is 1. The fraction of sp³-hybridized carbons (Fsp3) is 0.533. The number of nitrogens with one attached hydrogen (secondary N) is 1. The van der Waals surface area contributed by atoms with Crippen molar-refractivity contribution in [3.63, 3.8) is 0 Å². The Labute approximate surface area is 113 Å². The first-order valence-corrected chi connectivity index (χ1v) is 6.85. The molecule has 1 aromatic carbocycles. The number of anilines is 1. The summed E-state index contributed by atoms with van der Waals surface area (Å²) >= 11 is 0. The molecule has 0 bridgehead atoms. The van der Waals surface area contributed by atoms with Crippen LogP contribution in [0.4, 0.5) is 10.1 Å². The number of rotatable bonds is 3. The molecule has 104 valence electrons. The maximum Gasteiger partial charge on any atom is 0.231 e. The van der Waals surface area contributed by atoms with Crippen LogP contribution in [0.15, 0.2) is 18.2 Å². The van der Waals surface area contributed by atoms with Gasteiger partial charge in [0.05, 0.1) is 5.41 Å². The van der Waals surface area contributed by atoms with E-state index < -0.39 is 5.41 Å². The van der Waals surface area contributed by atoms with Crippen LogP contribution in [0.2, 0.25) is 0 Å². The minimum atomic E-state index is -0.475. The highest BCUT2D eigenvalue weighted by Crippen LogP contribution is 2.36. The Morgan fingerprint density at radius 2 is 2.05 bits per heavy atom. The minimum absolute atomic E-state index is 0.0663. The molecule has 1 aliphatic carbocycles. The van der Waals surface area contributed by atoms with E-state index in [1.807, 2.05) is 6.92 Å². The number of aryl methyl sites for hydroxylation is 1. The predicted octanol–water partition coefficient (Wildman–Crippen LogP) is 2.98. The number of halogens is 1. The van der Waals surface area contributed by atoms with Crippen LogP contribution in [-0.4, -0.2) is 12.5 Å². The van der Waals surface area contributed by atoms with E-state index in [0.717, 1.165) is 37.7 Å². The van der Waals surface area contributed by atoms with E-state index in [9.17, 15) is 9.18 Å². The standard InChI is InChI=1S/C15H21FN2O/c1-11-5-6-12(16)9-13(11)18-14(19)15(10-17)7-3-2-4-8-15/h5-6,9H,2-4,7-8,10,17H2,1H3,(H,18,19). The lowest BCUT2D eigenvalue weighted by Crippen LogP contribution is -2.43. The lowest BCUT2D eigenvalue weighted by Gasteiger charge is -2.34. The number of hydrogen-bond acceptors (Lipinski definition) is 2. The summed E-state index contributed by atoms with van der Waals surface area (Å²) in [6.07, 6.45) is 4.88.